The van der Waals surface area contributed by atoms with E-state index in [1.165, 1.54) is 18.9 Å². The molecule has 8 heteroatoms. The van der Waals surface area contributed by atoms with Crippen LogP contribution in [0.25, 0.3) is 0 Å². The van der Waals surface area contributed by atoms with Crippen LogP contribution in [0.2, 0.25) is 5.02 Å². The average Bonchev–Trinajstić information content (AvgIpc) is 3.28. The van der Waals surface area contributed by atoms with Gasteiger partial charge in [-0.2, -0.15) is 13.2 Å². The second-order valence-electron chi connectivity index (χ2n) is 8.47. The molecule has 0 aliphatic carbocycles. The highest BCUT2D eigenvalue weighted by molar-refractivity contribution is 6.30. The Bertz CT molecular complexity index is 949. The number of piperidine rings is 1. The minimum Gasteiger partial charge on any atom is -0.371 e. The molecule has 2 aliphatic heterocycles. The van der Waals surface area contributed by atoms with Crippen molar-refractivity contribution >= 4 is 28.7 Å². The lowest BCUT2D eigenvalue weighted by Crippen LogP contribution is -2.43. The van der Waals surface area contributed by atoms with Crippen molar-refractivity contribution in [2.45, 2.75) is 37.9 Å². The number of nitrogens with one attached hydrogen (secondary N) is 2. The quantitative estimate of drug-likeness (QED) is 0.516. The topological polar surface area (TPSA) is 30.5 Å². The Kier molecular flexibility index (Phi) is 6.86. The second-order valence-corrected chi connectivity index (χ2v) is 8.90. The smallest absolute Gasteiger partial charge is 0.371 e. The minimum absolute atomic E-state index is 0.344. The maximum absolute atomic E-state index is 13.6. The summed E-state index contributed by atoms with van der Waals surface area (Å²) in [6.07, 6.45) is 0.0120. The number of hydrogen-bond acceptors (Lipinski definition) is 4. The van der Waals surface area contributed by atoms with Gasteiger partial charge in [0.25, 0.3) is 0 Å². The van der Waals surface area contributed by atoms with E-state index in [9.17, 15) is 13.2 Å². The number of nitrogens with zero attached hydrogens (tertiary/aromatic N) is 2. The Labute approximate surface area is 192 Å². The molecule has 172 valence electrons. The van der Waals surface area contributed by atoms with E-state index < -0.39 is 11.7 Å². The van der Waals surface area contributed by atoms with Crippen LogP contribution < -0.4 is 15.5 Å². The highest BCUT2D eigenvalue weighted by Gasteiger charge is 2.33. The molecule has 0 radical (unpaired) electrons. The first-order valence-electron chi connectivity index (χ1n) is 11.0. The van der Waals surface area contributed by atoms with E-state index in [-0.39, 0.29) is 0 Å². The summed E-state index contributed by atoms with van der Waals surface area (Å²) in [7, 11) is 0. The molecule has 0 saturated carbocycles. The first-order chi connectivity index (χ1) is 15.3. The molecule has 4 rings (SSSR count). The fraction of sp³-hybridized carbons (Fsp3) is 0.417. The number of benzene rings is 2. The predicted molar refractivity (Wildman–Crippen MR) is 125 cm³/mol. The maximum atomic E-state index is 13.6. The van der Waals surface area contributed by atoms with E-state index in [1.807, 2.05) is 0 Å². The number of halogens is 4. The van der Waals surface area contributed by atoms with Crippen LogP contribution in [-0.2, 0) is 6.18 Å². The highest BCUT2D eigenvalue weighted by atomic mass is 35.5. The maximum Gasteiger partial charge on any atom is 0.416 e. The van der Waals surface area contributed by atoms with Gasteiger partial charge in [-0.3, -0.25) is 0 Å². The van der Waals surface area contributed by atoms with Gasteiger partial charge in [0.1, 0.15) is 5.82 Å². The molecule has 0 unspecified atom stereocenters. The molecule has 0 spiro atoms. The first kappa shape index (κ1) is 22.8. The van der Waals surface area contributed by atoms with Gasteiger partial charge in [0.2, 0.25) is 0 Å². The van der Waals surface area contributed by atoms with Gasteiger partial charge < -0.3 is 20.4 Å². The molecule has 2 N–H and O–H groups in total. The molecule has 2 aliphatic rings. The van der Waals surface area contributed by atoms with E-state index in [2.05, 4.69) is 27.0 Å². The average molecular weight is 465 g/mol. The lowest BCUT2D eigenvalue weighted by atomic mass is 10.0. The molecule has 2 aromatic rings. The number of anilines is 3. The zero-order valence-corrected chi connectivity index (χ0v) is 18.6. The summed E-state index contributed by atoms with van der Waals surface area (Å²) in [5.41, 5.74) is 0.953. The number of rotatable bonds is 6. The third-order valence-corrected chi connectivity index (χ3v) is 6.38. The van der Waals surface area contributed by atoms with Crippen LogP contribution in [-0.4, -0.2) is 37.1 Å². The first-order valence-corrected chi connectivity index (χ1v) is 11.4. The van der Waals surface area contributed by atoms with Gasteiger partial charge in [-0.15, -0.1) is 0 Å². The highest BCUT2D eigenvalue weighted by Crippen LogP contribution is 2.36. The Balaban J connectivity index is 1.48. The predicted octanol–water partition coefficient (Wildman–Crippen LogP) is 6.42. The molecular weight excluding hydrogens is 437 g/mol. The SMILES string of the molecule is C=C(Nc1cccc(Cl)c1)Nc1cc(N2CCC(N3CCCC3)CC2)cc(C(F)(F)F)c1. The Morgan fingerprint density at radius 3 is 2.28 bits per heavy atom. The van der Waals surface area contributed by atoms with Crippen molar-refractivity contribution in [1.82, 2.24) is 4.90 Å². The summed E-state index contributed by atoms with van der Waals surface area (Å²) < 4.78 is 40.8. The third kappa shape index (κ3) is 5.70. The summed E-state index contributed by atoms with van der Waals surface area (Å²) in [5.74, 6) is 0.366. The van der Waals surface area contributed by atoms with Gasteiger partial charge in [0.15, 0.2) is 0 Å². The van der Waals surface area contributed by atoms with Crippen molar-refractivity contribution in [2.75, 3.05) is 41.7 Å². The van der Waals surface area contributed by atoms with Crippen molar-refractivity contribution in [3.05, 3.63) is 65.5 Å². The van der Waals surface area contributed by atoms with E-state index in [0.717, 1.165) is 45.1 Å². The standard InChI is InChI=1S/C24H28ClF3N4/c1-17(29-20-6-4-5-19(25)15-20)30-21-13-18(24(26,27)28)14-23(16-21)32-11-7-22(8-12-32)31-9-2-3-10-31/h4-6,13-16,22,29-30H,1-3,7-12H2. The molecular formula is C24H28ClF3N4. The van der Waals surface area contributed by atoms with E-state index in [1.54, 1.807) is 30.3 Å². The van der Waals surface area contributed by atoms with Gasteiger partial charge in [-0.1, -0.05) is 24.2 Å². The fourth-order valence-electron chi connectivity index (χ4n) is 4.57. The summed E-state index contributed by atoms with van der Waals surface area (Å²) >= 11 is 5.99. The molecule has 0 bridgehead atoms. The molecule has 0 amide bonds. The number of hydrogen-bond donors (Lipinski definition) is 2. The van der Waals surface area contributed by atoms with Gasteiger partial charge in [-0.25, -0.2) is 0 Å². The molecule has 2 aromatic carbocycles. The molecule has 2 saturated heterocycles. The Morgan fingerprint density at radius 2 is 1.62 bits per heavy atom. The lowest BCUT2D eigenvalue weighted by molar-refractivity contribution is -0.137. The van der Waals surface area contributed by atoms with Crippen LogP contribution in [0, 0.1) is 0 Å². The minimum atomic E-state index is -4.43. The van der Waals surface area contributed by atoms with Crippen LogP contribution in [0.3, 0.4) is 0 Å². The summed E-state index contributed by atoms with van der Waals surface area (Å²) in [5, 5.41) is 6.56. The van der Waals surface area contributed by atoms with Crippen molar-refractivity contribution in [3.63, 3.8) is 0 Å². The van der Waals surface area contributed by atoms with Crippen LogP contribution in [0.4, 0.5) is 30.2 Å². The zero-order valence-electron chi connectivity index (χ0n) is 17.9. The van der Waals surface area contributed by atoms with Crippen molar-refractivity contribution in [2.24, 2.45) is 0 Å². The van der Waals surface area contributed by atoms with Crippen LogP contribution >= 0.6 is 11.6 Å². The van der Waals surface area contributed by atoms with E-state index in [4.69, 9.17) is 11.6 Å². The molecule has 2 heterocycles. The van der Waals surface area contributed by atoms with Crippen LogP contribution in [0.1, 0.15) is 31.2 Å². The fourth-order valence-corrected chi connectivity index (χ4v) is 4.76. The van der Waals surface area contributed by atoms with Crippen molar-refractivity contribution in [1.29, 1.82) is 0 Å². The second kappa shape index (κ2) is 9.63. The third-order valence-electron chi connectivity index (χ3n) is 6.15. The number of alkyl halides is 3. The molecule has 0 atom stereocenters. The normalized spacial score (nSPS) is 18.1. The van der Waals surface area contributed by atoms with Crippen LogP contribution in [0.15, 0.2) is 54.9 Å². The van der Waals surface area contributed by atoms with Crippen LogP contribution in [0.5, 0.6) is 0 Å². The summed E-state index contributed by atoms with van der Waals surface area (Å²) in [4.78, 5) is 4.59. The molecule has 0 aromatic heterocycles. The summed E-state index contributed by atoms with van der Waals surface area (Å²) in [6.45, 7) is 7.69. The van der Waals surface area contributed by atoms with Crippen molar-refractivity contribution < 1.29 is 13.2 Å². The van der Waals surface area contributed by atoms with E-state index >= 15 is 0 Å². The largest absolute Gasteiger partial charge is 0.416 e. The van der Waals surface area contributed by atoms with Crippen molar-refractivity contribution in [3.8, 4) is 0 Å². The molecule has 4 nitrogen and oxygen atoms in total. The monoisotopic (exact) mass is 464 g/mol. The Morgan fingerprint density at radius 1 is 0.938 bits per heavy atom. The Hall–Kier alpha value is -2.38. The molecule has 32 heavy (non-hydrogen) atoms. The van der Waals surface area contributed by atoms with Gasteiger partial charge in [0.05, 0.1) is 5.56 Å². The van der Waals surface area contributed by atoms with Gasteiger partial charge >= 0.3 is 6.18 Å². The zero-order chi connectivity index (χ0) is 22.7. The van der Waals surface area contributed by atoms with E-state index in [0.29, 0.717) is 33.9 Å². The van der Waals surface area contributed by atoms with Gasteiger partial charge in [-0.05, 0) is 75.2 Å². The summed E-state index contributed by atoms with van der Waals surface area (Å²) in [6, 6.07) is 11.7. The number of likely N-dealkylation sites (tertiary alicyclic amines) is 1. The van der Waals surface area contributed by atoms with Gasteiger partial charge in [0, 0.05) is 41.2 Å². The lowest BCUT2D eigenvalue weighted by Gasteiger charge is -2.38. The molecule has 2 fully saturated rings.